The number of hydrogen-bond acceptors (Lipinski definition) is 7. The van der Waals surface area contributed by atoms with Gasteiger partial charge < -0.3 is 23.9 Å². The third kappa shape index (κ3) is 5.80. The maximum Gasteiger partial charge on any atom is 0.349 e. The van der Waals surface area contributed by atoms with Crippen molar-refractivity contribution in [1.82, 2.24) is 5.32 Å². The number of nitrogens with one attached hydrogen (secondary N) is 1. The number of aryl methyl sites for hydroxylation is 1. The first-order valence-corrected chi connectivity index (χ1v) is 11.3. The van der Waals surface area contributed by atoms with Crippen molar-refractivity contribution in [2.45, 2.75) is 25.9 Å². The van der Waals surface area contributed by atoms with Gasteiger partial charge in [0.25, 0.3) is 5.91 Å². The van der Waals surface area contributed by atoms with Gasteiger partial charge in [-0.3, -0.25) is 4.79 Å². The lowest BCUT2D eigenvalue weighted by molar-refractivity contribution is -0.136. The van der Waals surface area contributed by atoms with Gasteiger partial charge in [0.1, 0.15) is 22.6 Å². The second-order valence-corrected chi connectivity index (χ2v) is 8.52. The van der Waals surface area contributed by atoms with Crippen molar-refractivity contribution in [3.05, 3.63) is 68.5 Å². The van der Waals surface area contributed by atoms with Crippen LogP contribution in [0.1, 0.15) is 28.8 Å². The van der Waals surface area contributed by atoms with Crippen LogP contribution >= 0.6 is 15.9 Å². The summed E-state index contributed by atoms with van der Waals surface area (Å²) in [5, 5.41) is 3.23. The Morgan fingerprint density at radius 2 is 1.97 bits per heavy atom. The van der Waals surface area contributed by atoms with Crippen molar-refractivity contribution < 1.29 is 28.2 Å². The minimum Gasteiger partial charge on any atom is -0.482 e. The van der Waals surface area contributed by atoms with E-state index in [-0.39, 0.29) is 29.6 Å². The van der Waals surface area contributed by atoms with E-state index in [1.54, 1.807) is 24.3 Å². The molecular formula is C24H22BrNO7. The first-order chi connectivity index (χ1) is 15.9. The predicted molar refractivity (Wildman–Crippen MR) is 124 cm³/mol. The summed E-state index contributed by atoms with van der Waals surface area (Å²) in [4.78, 5) is 36.9. The van der Waals surface area contributed by atoms with E-state index in [0.717, 1.165) is 22.9 Å². The van der Waals surface area contributed by atoms with Crippen LogP contribution in [0.3, 0.4) is 0 Å². The minimum absolute atomic E-state index is 0.0320. The summed E-state index contributed by atoms with van der Waals surface area (Å²) in [6, 6.07) is 11.4. The predicted octanol–water partition coefficient (Wildman–Crippen LogP) is 3.76. The van der Waals surface area contributed by atoms with E-state index < -0.39 is 17.5 Å². The molecule has 2 heterocycles. The van der Waals surface area contributed by atoms with Gasteiger partial charge in [-0.25, -0.2) is 9.59 Å². The minimum atomic E-state index is -0.773. The molecule has 0 aliphatic carbocycles. The third-order valence-corrected chi connectivity index (χ3v) is 6.07. The van der Waals surface area contributed by atoms with Crippen LogP contribution in [0.25, 0.3) is 11.0 Å². The van der Waals surface area contributed by atoms with Crippen molar-refractivity contribution in [2.75, 3.05) is 19.8 Å². The summed E-state index contributed by atoms with van der Waals surface area (Å²) in [7, 11) is 0. The Morgan fingerprint density at radius 1 is 1.15 bits per heavy atom. The molecule has 1 unspecified atom stereocenters. The molecule has 1 aromatic heterocycles. The Kier molecular flexibility index (Phi) is 7.10. The van der Waals surface area contributed by atoms with Crippen LogP contribution in [0.5, 0.6) is 11.5 Å². The van der Waals surface area contributed by atoms with Gasteiger partial charge in [0, 0.05) is 29.1 Å². The molecule has 8 nitrogen and oxygen atoms in total. The zero-order valence-electron chi connectivity index (χ0n) is 17.9. The second-order valence-electron chi connectivity index (χ2n) is 7.67. The van der Waals surface area contributed by atoms with Crippen molar-refractivity contribution in [3.63, 3.8) is 0 Å². The van der Waals surface area contributed by atoms with Crippen molar-refractivity contribution >= 4 is 38.8 Å². The van der Waals surface area contributed by atoms with Crippen LogP contribution in [-0.2, 0) is 9.53 Å². The molecule has 9 heteroatoms. The third-order valence-electron chi connectivity index (χ3n) is 5.18. The molecule has 1 amide bonds. The number of esters is 1. The van der Waals surface area contributed by atoms with Crippen LogP contribution in [0.15, 0.2) is 56.1 Å². The van der Waals surface area contributed by atoms with E-state index in [4.69, 9.17) is 18.6 Å². The highest BCUT2D eigenvalue weighted by Gasteiger charge is 2.19. The Hall–Kier alpha value is -3.17. The number of halogens is 1. The smallest absolute Gasteiger partial charge is 0.349 e. The highest BCUT2D eigenvalue weighted by atomic mass is 79.9. The molecular weight excluding hydrogens is 494 g/mol. The van der Waals surface area contributed by atoms with Crippen molar-refractivity contribution in [1.29, 1.82) is 0 Å². The normalized spacial score (nSPS) is 15.4. The quantitative estimate of drug-likeness (QED) is 0.290. The van der Waals surface area contributed by atoms with Gasteiger partial charge in [-0.1, -0.05) is 15.9 Å². The fraction of sp³-hybridized carbons (Fsp3) is 0.292. The Bertz CT molecular complexity index is 1250. The standard InChI is InChI=1S/C24H22BrNO7/c1-14-9-16(6-7-20(14)25)31-13-22(27)32-17-5-4-15-10-19(24(29)33-21(15)11-17)23(28)26-12-18-3-2-8-30-18/h4-7,9-11,18H,2-3,8,12-13H2,1H3,(H,26,28). The molecule has 1 atom stereocenters. The molecule has 1 N–H and O–H groups in total. The van der Waals surface area contributed by atoms with Gasteiger partial charge in [0.2, 0.25) is 0 Å². The fourth-order valence-corrected chi connectivity index (χ4v) is 3.68. The number of amides is 1. The second kappa shape index (κ2) is 10.2. The molecule has 2 aromatic carbocycles. The SMILES string of the molecule is Cc1cc(OCC(=O)Oc2ccc3cc(C(=O)NCC4CCCO4)c(=O)oc3c2)ccc1Br. The van der Waals surface area contributed by atoms with Crippen LogP contribution < -0.4 is 20.4 Å². The molecule has 3 aromatic rings. The lowest BCUT2D eigenvalue weighted by atomic mass is 10.1. The molecule has 0 spiro atoms. The molecule has 1 saturated heterocycles. The Balaban J connectivity index is 1.39. The fourth-order valence-electron chi connectivity index (χ4n) is 3.43. The topological polar surface area (TPSA) is 104 Å². The van der Waals surface area contributed by atoms with Crippen molar-refractivity contribution in [2.24, 2.45) is 0 Å². The maximum atomic E-state index is 12.4. The largest absolute Gasteiger partial charge is 0.482 e. The van der Waals surface area contributed by atoms with E-state index in [2.05, 4.69) is 21.2 Å². The maximum absolute atomic E-state index is 12.4. The zero-order valence-corrected chi connectivity index (χ0v) is 19.5. The summed E-state index contributed by atoms with van der Waals surface area (Å²) in [5.74, 6) is -0.386. The number of carbonyl (C=O) groups excluding carboxylic acids is 2. The highest BCUT2D eigenvalue weighted by molar-refractivity contribution is 9.10. The molecule has 1 aliphatic rings. The average molecular weight is 516 g/mol. The number of benzene rings is 2. The summed E-state index contributed by atoms with van der Waals surface area (Å²) in [5.41, 5.74) is 0.309. The number of rotatable bonds is 7. The molecule has 0 bridgehead atoms. The molecule has 1 aliphatic heterocycles. The van der Waals surface area contributed by atoms with Crippen LogP contribution in [0.2, 0.25) is 0 Å². The number of fused-ring (bicyclic) bond motifs is 1. The Morgan fingerprint density at radius 3 is 2.73 bits per heavy atom. The molecule has 0 radical (unpaired) electrons. The first-order valence-electron chi connectivity index (χ1n) is 10.5. The van der Waals surface area contributed by atoms with Gasteiger partial charge >= 0.3 is 11.6 Å². The molecule has 4 rings (SSSR count). The number of carbonyl (C=O) groups is 2. The zero-order chi connectivity index (χ0) is 23.4. The number of hydrogen-bond donors (Lipinski definition) is 1. The van der Waals surface area contributed by atoms with Gasteiger partial charge in [-0.15, -0.1) is 0 Å². The number of ether oxygens (including phenoxy) is 3. The molecule has 1 fully saturated rings. The Labute approximate surface area is 197 Å². The van der Waals surface area contributed by atoms with E-state index >= 15 is 0 Å². The highest BCUT2D eigenvalue weighted by Crippen LogP contribution is 2.23. The van der Waals surface area contributed by atoms with Crippen LogP contribution in [0, 0.1) is 6.92 Å². The lowest BCUT2D eigenvalue weighted by Gasteiger charge is -2.11. The molecule has 172 valence electrons. The van der Waals surface area contributed by atoms with Gasteiger partial charge in [0.15, 0.2) is 6.61 Å². The monoisotopic (exact) mass is 515 g/mol. The average Bonchev–Trinajstić information content (AvgIpc) is 3.31. The van der Waals surface area contributed by atoms with E-state index in [1.807, 2.05) is 13.0 Å². The van der Waals surface area contributed by atoms with E-state index in [0.29, 0.717) is 24.3 Å². The van der Waals surface area contributed by atoms with Gasteiger partial charge in [0.05, 0.1) is 6.10 Å². The molecule has 0 saturated carbocycles. The van der Waals surface area contributed by atoms with Crippen LogP contribution in [-0.4, -0.2) is 37.7 Å². The summed E-state index contributed by atoms with van der Waals surface area (Å²) in [6.07, 6.45) is 1.80. The summed E-state index contributed by atoms with van der Waals surface area (Å²) in [6.45, 7) is 2.65. The first kappa shape index (κ1) is 23.0. The van der Waals surface area contributed by atoms with Gasteiger partial charge in [-0.2, -0.15) is 0 Å². The van der Waals surface area contributed by atoms with Crippen molar-refractivity contribution in [3.8, 4) is 11.5 Å². The van der Waals surface area contributed by atoms with Gasteiger partial charge in [-0.05, 0) is 61.7 Å². The van der Waals surface area contributed by atoms with Crippen LogP contribution in [0.4, 0.5) is 0 Å². The summed E-state index contributed by atoms with van der Waals surface area (Å²) >= 11 is 3.41. The summed E-state index contributed by atoms with van der Waals surface area (Å²) < 4.78 is 22.4. The van der Waals surface area contributed by atoms with E-state index in [1.165, 1.54) is 12.1 Å². The lowest BCUT2D eigenvalue weighted by Crippen LogP contribution is -2.34. The van der Waals surface area contributed by atoms with E-state index in [9.17, 15) is 14.4 Å². The molecule has 33 heavy (non-hydrogen) atoms.